The summed E-state index contributed by atoms with van der Waals surface area (Å²) in [7, 11) is -4.30. The van der Waals surface area contributed by atoms with E-state index < -0.39 is 127 Å². The second kappa shape index (κ2) is 40.6. The second-order valence-corrected chi connectivity index (χ2v) is 43.8. The van der Waals surface area contributed by atoms with Crippen LogP contribution in [0.15, 0.2) is 73.8 Å². The van der Waals surface area contributed by atoms with Gasteiger partial charge >= 0.3 is 24.0 Å². The minimum atomic E-state index is -2.16. The lowest BCUT2D eigenvalue weighted by Crippen LogP contribution is -2.62. The summed E-state index contributed by atoms with van der Waals surface area (Å²) >= 11 is 34.4. The molecule has 6 amide bonds. The van der Waals surface area contributed by atoms with E-state index in [9.17, 15) is 43.2 Å². The topological polar surface area (TPSA) is 299 Å². The van der Waals surface area contributed by atoms with E-state index in [4.69, 9.17) is 97.8 Å². The van der Waals surface area contributed by atoms with Gasteiger partial charge in [-0.15, -0.1) is 13.2 Å². The van der Waals surface area contributed by atoms with Gasteiger partial charge in [0, 0.05) is 38.8 Å². The smallest absolute Gasteiger partial charge is 0.408 e. The average Bonchev–Trinajstić information content (AvgIpc) is 0.829. The average molecular weight is 1560 g/mol. The first-order chi connectivity index (χ1) is 45.9. The number of carboxylic acid groups (broad SMARTS) is 1. The van der Waals surface area contributed by atoms with Gasteiger partial charge in [0.2, 0.25) is 41.9 Å². The van der Waals surface area contributed by atoms with E-state index in [1.807, 2.05) is 62.4 Å². The first-order valence-electron chi connectivity index (χ1n) is 33.4. The molecule has 0 saturated carbocycles. The molecule has 2 saturated heterocycles. The number of halogens is 6. The van der Waals surface area contributed by atoms with Crippen LogP contribution in [0.3, 0.4) is 0 Å². The normalized spacial score (nSPS) is 16.6. The molecule has 23 nitrogen and oxygen atoms in total. The van der Waals surface area contributed by atoms with Gasteiger partial charge in [-0.25, -0.2) is 15.6 Å². The van der Waals surface area contributed by atoms with Crippen molar-refractivity contribution in [1.82, 2.24) is 42.1 Å². The highest BCUT2D eigenvalue weighted by atomic mass is 35.6. The van der Waals surface area contributed by atoms with Crippen LogP contribution in [0.1, 0.15) is 153 Å². The lowest BCUT2D eigenvalue weighted by atomic mass is 10.00. The molecule has 564 valence electrons. The van der Waals surface area contributed by atoms with Crippen molar-refractivity contribution >= 4 is 140 Å². The monoisotopic (exact) mass is 1550 g/mol. The Morgan fingerprint density at radius 2 is 0.960 bits per heavy atom. The Kier molecular flexibility index (Phi) is 36.9. The van der Waals surface area contributed by atoms with E-state index in [1.165, 1.54) is 10.0 Å². The van der Waals surface area contributed by atoms with Gasteiger partial charge < -0.3 is 49.4 Å². The first-order valence-corrected chi connectivity index (χ1v) is 41.5. The summed E-state index contributed by atoms with van der Waals surface area (Å²) in [4.78, 5) is 116. The van der Waals surface area contributed by atoms with Crippen molar-refractivity contribution in [3.05, 3.63) is 85.0 Å². The summed E-state index contributed by atoms with van der Waals surface area (Å²) in [6.07, 6.45) is 5.91. The number of aliphatic carboxylic acids is 1. The number of alkyl halides is 6. The van der Waals surface area contributed by atoms with Gasteiger partial charge in [-0.05, 0) is 143 Å². The number of hydrazine groups is 2. The molecule has 0 aliphatic carbocycles. The molecule has 100 heavy (non-hydrogen) atoms. The summed E-state index contributed by atoms with van der Waals surface area (Å²) in [5, 5.41) is 21.7. The maximum absolute atomic E-state index is 14.1. The molecule has 0 aromatic heterocycles. The Labute approximate surface area is 623 Å². The second-order valence-electron chi connectivity index (χ2n) is 29.3. The van der Waals surface area contributed by atoms with Gasteiger partial charge in [-0.1, -0.05) is 175 Å². The third kappa shape index (κ3) is 33.8. The zero-order valence-electron chi connectivity index (χ0n) is 61.0. The van der Waals surface area contributed by atoms with E-state index in [0.717, 1.165) is 11.1 Å². The van der Waals surface area contributed by atoms with Crippen LogP contribution < -0.4 is 41.0 Å². The largest absolute Gasteiger partial charge is 0.543 e. The molecule has 2 aromatic carbocycles. The number of benzene rings is 2. The number of esters is 2. The number of nitrogens with zero attached hydrogens (tertiary/aromatic N) is 2. The molecule has 0 radical (unpaired) electrons. The van der Waals surface area contributed by atoms with E-state index in [1.54, 1.807) is 46.8 Å². The van der Waals surface area contributed by atoms with Gasteiger partial charge in [-0.2, -0.15) is 0 Å². The molecule has 2 aliphatic rings. The molecular formula is C69H108Cl6N8O15Si2. The number of nitrogens with one attached hydrogen (secondary N) is 6. The van der Waals surface area contributed by atoms with Gasteiger partial charge in [0.1, 0.15) is 66.6 Å². The van der Waals surface area contributed by atoms with Crippen molar-refractivity contribution in [3.63, 3.8) is 0 Å². The van der Waals surface area contributed by atoms with Crippen molar-refractivity contribution in [3.8, 4) is 11.5 Å². The number of carbonyl (C=O) groups excluding carboxylic acids is 8. The Morgan fingerprint density at radius 3 is 1.28 bits per heavy atom. The summed E-state index contributed by atoms with van der Waals surface area (Å²) in [5.41, 5.74) is 6.59. The fourth-order valence-corrected chi connectivity index (χ4v) is 11.5. The summed E-state index contributed by atoms with van der Waals surface area (Å²) in [6, 6.07) is 9.22. The van der Waals surface area contributed by atoms with Crippen LogP contribution in [0.2, 0.25) is 36.3 Å². The van der Waals surface area contributed by atoms with Crippen LogP contribution in [-0.4, -0.2) is 161 Å². The lowest BCUT2D eigenvalue weighted by molar-refractivity contribution is -0.154. The fourth-order valence-electron chi connectivity index (χ4n) is 9.08. The van der Waals surface area contributed by atoms with Gasteiger partial charge in [0.25, 0.3) is 11.8 Å². The predicted octanol–water partition coefficient (Wildman–Crippen LogP) is 12.7. The Bertz CT molecular complexity index is 3080. The molecule has 0 spiro atoms. The van der Waals surface area contributed by atoms with Gasteiger partial charge in [0.05, 0.1) is 0 Å². The first kappa shape index (κ1) is 90.7. The zero-order valence-corrected chi connectivity index (χ0v) is 67.6. The molecule has 2 aliphatic heterocycles. The van der Waals surface area contributed by atoms with E-state index in [0.29, 0.717) is 56.6 Å². The van der Waals surface area contributed by atoms with Gasteiger partial charge in [-0.3, -0.25) is 48.4 Å². The molecular weight excluding hydrogens is 1450 g/mol. The summed E-state index contributed by atoms with van der Waals surface area (Å²) < 4.78 is 25.1. The molecule has 2 heterocycles. The van der Waals surface area contributed by atoms with Crippen molar-refractivity contribution in [2.45, 2.75) is 240 Å². The molecule has 0 bridgehead atoms. The number of amides is 6. The Hall–Kier alpha value is -5.36. The number of alkyl carbamates (subject to hydrolysis) is 1. The van der Waals surface area contributed by atoms with Crippen molar-refractivity contribution in [2.24, 2.45) is 11.8 Å². The molecule has 31 heteroatoms. The number of carbonyl (C=O) groups is 9. The Morgan fingerprint density at radius 1 is 0.590 bits per heavy atom. The van der Waals surface area contributed by atoms with E-state index >= 15 is 0 Å². The highest BCUT2D eigenvalue weighted by molar-refractivity contribution is 6.75. The van der Waals surface area contributed by atoms with Crippen LogP contribution in [-0.2, 0) is 65.4 Å². The maximum atomic E-state index is 14.1. The fraction of sp³-hybridized carbons (Fsp3) is 0.638. The minimum absolute atomic E-state index is 0.0200. The number of hydrogen-bond acceptors (Lipinski definition) is 16. The van der Waals surface area contributed by atoms with Crippen LogP contribution in [0.4, 0.5) is 4.79 Å². The highest BCUT2D eigenvalue weighted by Crippen LogP contribution is 2.39. The van der Waals surface area contributed by atoms with Crippen molar-refractivity contribution in [1.29, 1.82) is 0 Å². The zero-order chi connectivity index (χ0) is 76.5. The summed E-state index contributed by atoms with van der Waals surface area (Å²) in [5.74, 6) is -3.61. The lowest BCUT2D eigenvalue weighted by Gasteiger charge is -2.36. The number of hydrogen-bond donors (Lipinski definition) is 7. The van der Waals surface area contributed by atoms with Gasteiger partial charge in [0.15, 0.2) is 0 Å². The van der Waals surface area contributed by atoms with E-state index in [2.05, 4.69) is 113 Å². The predicted molar refractivity (Wildman–Crippen MR) is 399 cm³/mol. The quantitative estimate of drug-likeness (QED) is 0.0137. The molecule has 4 rings (SSSR count). The number of carboxylic acids is 1. The highest BCUT2D eigenvalue weighted by Gasteiger charge is 2.42. The van der Waals surface area contributed by atoms with Crippen LogP contribution in [0, 0.1) is 11.8 Å². The number of allylic oxidation sites excluding steroid dienone is 2. The number of ether oxygens (including phenoxy) is 3. The van der Waals surface area contributed by atoms with Crippen LogP contribution in [0.5, 0.6) is 11.5 Å². The maximum Gasteiger partial charge on any atom is 0.408 e. The molecule has 7 N–H and O–H groups in total. The Balaban J connectivity index is 0.000000620. The molecule has 2 fully saturated rings. The van der Waals surface area contributed by atoms with Crippen LogP contribution >= 0.6 is 69.6 Å². The number of rotatable bonds is 28. The molecule has 2 aromatic rings. The van der Waals surface area contributed by atoms with Crippen LogP contribution in [0.25, 0.3) is 0 Å². The molecule has 0 unspecified atom stereocenters. The third-order valence-corrected chi connectivity index (χ3v) is 25.9. The standard InChI is InChI=1S/C32H51Cl3N4O7Si.C32H49Cl3N4O6Si.C5H8O2/c1-20(2)25(37-29(43)45-30(3,4)5)26(40)36-24(18-21-13-11-14-22(17-21)46-47(9,10)31(6,7)8)27(41)39-16-12-15-23(38-39)28(42)44-19-32(33,34)35;1-9-10-16-26(40)37-27(21(2)3)28(41)36-25(19-22-13-11-14-23(18-22)45-46(7,8)31(4,5)6)29(42)39-17-12-15-24(38-39)30(43)44-20-32(33,34)35;1-2-3-4-5(6)7/h11,13-14,17,20,23-25,38H,12,15-16,18-19H2,1-10H3,(H,36,40)(H,37,43);9,11,13-14,18,21,24-25,27,38H,1,10,12,15-17,19-20H2,2-8H3,(H,36,41)(H,37,40);2H,1,3-4H2,(H,6,7)/t23-,24-,25-;24-,25-,27-;/m00./s1. The third-order valence-electron chi connectivity index (χ3n) is 16.5. The van der Waals surface area contributed by atoms with E-state index in [-0.39, 0.29) is 60.0 Å². The van der Waals surface area contributed by atoms with Crippen molar-refractivity contribution < 1.29 is 71.3 Å². The minimum Gasteiger partial charge on any atom is -0.543 e. The van der Waals surface area contributed by atoms with Crippen molar-refractivity contribution in [2.75, 3.05) is 26.3 Å². The SMILES string of the molecule is C=CCCC(=O)N[C@H](C(=O)N[C@@H](Cc1cccc(O[Si](C)(C)C(C)(C)C)c1)C(=O)N1CCC[C@@H](C(=O)OCC(Cl)(Cl)Cl)N1)C(C)C.C=CCCC(=O)O.CC(C)[C@H](NC(=O)OC(C)(C)C)C(=O)N[C@@H](Cc1cccc(O[Si](C)(C)C(C)(C)C)c1)C(=O)N1CCC[C@@H](C(=O)OCC(Cl)(Cl)Cl)N1. The molecule has 6 atom stereocenters. The summed E-state index contributed by atoms with van der Waals surface area (Å²) in [6.45, 7) is 40.5.